The van der Waals surface area contributed by atoms with Gasteiger partial charge in [-0.25, -0.2) is 0 Å². The van der Waals surface area contributed by atoms with Gasteiger partial charge in [-0.1, -0.05) is 26.0 Å². The van der Waals surface area contributed by atoms with Crippen LogP contribution >= 0.6 is 11.8 Å². The van der Waals surface area contributed by atoms with Gasteiger partial charge in [-0.2, -0.15) is 11.8 Å². The van der Waals surface area contributed by atoms with Gasteiger partial charge < -0.3 is 4.74 Å². The quantitative estimate of drug-likeness (QED) is 0.718. The summed E-state index contributed by atoms with van der Waals surface area (Å²) in [6, 6.07) is 4.52. The summed E-state index contributed by atoms with van der Waals surface area (Å²) in [6.45, 7) is 13.0. The van der Waals surface area contributed by atoms with Crippen molar-refractivity contribution in [1.82, 2.24) is 0 Å². The molecule has 0 bridgehead atoms. The zero-order chi connectivity index (χ0) is 13.7. The molecule has 0 N–H and O–H groups in total. The molecular weight excluding hydrogens is 240 g/mol. The Labute approximate surface area is 116 Å². The van der Waals surface area contributed by atoms with Crippen molar-refractivity contribution in [1.29, 1.82) is 0 Å². The molecule has 0 spiro atoms. The Morgan fingerprint density at radius 3 is 2.06 bits per heavy atom. The lowest BCUT2D eigenvalue weighted by atomic mass is 10.1. The summed E-state index contributed by atoms with van der Waals surface area (Å²) in [5, 5.41) is 0. The van der Waals surface area contributed by atoms with Crippen molar-refractivity contribution in [3.63, 3.8) is 0 Å². The standard InChI is InChI=1S/C16H26OS/c1-11(2)9-18-10-15-7-13(5)16(14(6)8-15)17-12(3)4/h7-8,11-12H,9-10H2,1-6H3. The van der Waals surface area contributed by atoms with Gasteiger partial charge in [-0.05, 0) is 56.1 Å². The largest absolute Gasteiger partial charge is 0.490 e. The third kappa shape index (κ3) is 4.93. The van der Waals surface area contributed by atoms with Crippen LogP contribution in [0.15, 0.2) is 12.1 Å². The molecule has 0 fully saturated rings. The minimum absolute atomic E-state index is 0.239. The number of thioether (sulfide) groups is 1. The highest BCUT2D eigenvalue weighted by Crippen LogP contribution is 2.27. The predicted molar refractivity (Wildman–Crippen MR) is 82.7 cm³/mol. The molecule has 0 heterocycles. The number of rotatable bonds is 6. The van der Waals surface area contributed by atoms with Crippen LogP contribution in [0.2, 0.25) is 0 Å². The smallest absolute Gasteiger partial charge is 0.125 e. The second-order valence-corrected chi connectivity index (χ2v) is 6.66. The van der Waals surface area contributed by atoms with Crippen LogP contribution in [0.4, 0.5) is 0 Å². The normalized spacial score (nSPS) is 11.3. The average molecular weight is 266 g/mol. The SMILES string of the molecule is Cc1cc(CSCC(C)C)cc(C)c1OC(C)C. The number of hydrogen-bond donors (Lipinski definition) is 0. The van der Waals surface area contributed by atoms with Crippen LogP contribution in [-0.2, 0) is 5.75 Å². The minimum atomic E-state index is 0.239. The maximum atomic E-state index is 5.87. The summed E-state index contributed by atoms with van der Waals surface area (Å²) in [5.41, 5.74) is 3.92. The van der Waals surface area contributed by atoms with E-state index in [1.165, 1.54) is 22.4 Å². The van der Waals surface area contributed by atoms with E-state index in [-0.39, 0.29) is 6.10 Å². The Hall–Kier alpha value is -0.630. The summed E-state index contributed by atoms with van der Waals surface area (Å²) in [5.74, 6) is 4.15. The monoisotopic (exact) mass is 266 g/mol. The molecule has 0 saturated carbocycles. The molecule has 0 unspecified atom stereocenters. The topological polar surface area (TPSA) is 9.23 Å². The average Bonchev–Trinajstić information content (AvgIpc) is 2.22. The van der Waals surface area contributed by atoms with Crippen LogP contribution in [-0.4, -0.2) is 11.9 Å². The molecule has 2 heteroatoms. The molecule has 1 aromatic rings. The fraction of sp³-hybridized carbons (Fsp3) is 0.625. The molecule has 1 nitrogen and oxygen atoms in total. The van der Waals surface area contributed by atoms with E-state index in [1.54, 1.807) is 0 Å². The lowest BCUT2D eigenvalue weighted by molar-refractivity contribution is 0.239. The molecule has 0 aliphatic heterocycles. The van der Waals surface area contributed by atoms with Gasteiger partial charge in [0.15, 0.2) is 0 Å². The van der Waals surface area contributed by atoms with Crippen LogP contribution in [0.25, 0.3) is 0 Å². The van der Waals surface area contributed by atoms with Crippen molar-refractivity contribution < 1.29 is 4.74 Å². The van der Waals surface area contributed by atoms with Crippen LogP contribution < -0.4 is 4.74 Å². The van der Waals surface area contributed by atoms with Crippen molar-refractivity contribution >= 4 is 11.8 Å². The molecule has 102 valence electrons. The van der Waals surface area contributed by atoms with Gasteiger partial charge in [0.25, 0.3) is 0 Å². The molecule has 18 heavy (non-hydrogen) atoms. The second kappa shape index (κ2) is 7.08. The second-order valence-electron chi connectivity index (χ2n) is 5.63. The molecule has 0 saturated heterocycles. The van der Waals surface area contributed by atoms with Gasteiger partial charge in [0, 0.05) is 5.75 Å². The first kappa shape index (κ1) is 15.4. The fourth-order valence-corrected chi connectivity index (χ4v) is 2.95. The summed E-state index contributed by atoms with van der Waals surface area (Å²) >= 11 is 2.01. The summed E-state index contributed by atoms with van der Waals surface area (Å²) < 4.78 is 5.87. The predicted octanol–water partition coefficient (Wildman–Crippen LogP) is 4.98. The summed E-state index contributed by atoms with van der Waals surface area (Å²) in [7, 11) is 0. The van der Waals surface area contributed by atoms with E-state index < -0.39 is 0 Å². The minimum Gasteiger partial charge on any atom is -0.490 e. The van der Waals surface area contributed by atoms with Gasteiger partial charge in [0.2, 0.25) is 0 Å². The Kier molecular flexibility index (Phi) is 6.07. The molecular formula is C16H26OS. The highest BCUT2D eigenvalue weighted by molar-refractivity contribution is 7.98. The molecule has 1 rings (SSSR count). The van der Waals surface area contributed by atoms with Crippen LogP contribution in [0.5, 0.6) is 5.75 Å². The number of aryl methyl sites for hydroxylation is 2. The van der Waals surface area contributed by atoms with Crippen LogP contribution in [0.3, 0.4) is 0 Å². The van der Waals surface area contributed by atoms with Crippen molar-refractivity contribution in [3.05, 3.63) is 28.8 Å². The third-order valence-corrected chi connectivity index (χ3v) is 4.03. The fourth-order valence-electron chi connectivity index (χ4n) is 1.96. The third-order valence-electron chi connectivity index (χ3n) is 2.59. The lowest BCUT2D eigenvalue weighted by Gasteiger charge is -2.16. The van der Waals surface area contributed by atoms with E-state index in [0.29, 0.717) is 0 Å². The summed E-state index contributed by atoms with van der Waals surface area (Å²) in [6.07, 6.45) is 0.239. The maximum Gasteiger partial charge on any atom is 0.125 e. The first-order chi connectivity index (χ1) is 8.40. The summed E-state index contributed by atoms with van der Waals surface area (Å²) in [4.78, 5) is 0. The van der Waals surface area contributed by atoms with E-state index in [9.17, 15) is 0 Å². The molecule has 0 amide bonds. The Balaban J connectivity index is 2.73. The van der Waals surface area contributed by atoms with Crippen molar-refractivity contribution in [2.75, 3.05) is 5.75 Å². The van der Waals surface area contributed by atoms with E-state index in [0.717, 1.165) is 17.4 Å². The molecule has 0 aromatic heterocycles. The van der Waals surface area contributed by atoms with Gasteiger partial charge >= 0.3 is 0 Å². The van der Waals surface area contributed by atoms with E-state index in [4.69, 9.17) is 4.74 Å². The molecule has 0 aliphatic carbocycles. The van der Waals surface area contributed by atoms with Crippen molar-refractivity contribution in [2.24, 2.45) is 5.92 Å². The van der Waals surface area contributed by atoms with Crippen molar-refractivity contribution in [2.45, 2.75) is 53.4 Å². The Morgan fingerprint density at radius 1 is 1.06 bits per heavy atom. The zero-order valence-corrected chi connectivity index (χ0v) is 13.4. The van der Waals surface area contributed by atoms with Gasteiger partial charge in [-0.3, -0.25) is 0 Å². The number of benzene rings is 1. The van der Waals surface area contributed by atoms with Crippen LogP contribution in [0, 0.1) is 19.8 Å². The van der Waals surface area contributed by atoms with Crippen LogP contribution in [0.1, 0.15) is 44.4 Å². The lowest BCUT2D eigenvalue weighted by Crippen LogP contribution is -2.08. The van der Waals surface area contributed by atoms with Gasteiger partial charge in [0.1, 0.15) is 5.75 Å². The Bertz CT molecular complexity index is 360. The molecule has 0 atom stereocenters. The first-order valence-corrected chi connectivity index (χ1v) is 7.90. The van der Waals surface area contributed by atoms with Gasteiger partial charge in [0.05, 0.1) is 6.10 Å². The van der Waals surface area contributed by atoms with Crippen molar-refractivity contribution in [3.8, 4) is 5.75 Å². The zero-order valence-electron chi connectivity index (χ0n) is 12.5. The molecule has 0 radical (unpaired) electrons. The number of ether oxygens (including phenoxy) is 1. The molecule has 0 aliphatic rings. The van der Waals surface area contributed by atoms with E-state index >= 15 is 0 Å². The van der Waals surface area contributed by atoms with Gasteiger partial charge in [-0.15, -0.1) is 0 Å². The maximum absolute atomic E-state index is 5.87. The highest BCUT2D eigenvalue weighted by Gasteiger charge is 2.08. The first-order valence-electron chi connectivity index (χ1n) is 6.74. The van der Waals surface area contributed by atoms with E-state index in [1.807, 2.05) is 11.8 Å². The highest BCUT2D eigenvalue weighted by atomic mass is 32.2. The Morgan fingerprint density at radius 2 is 1.61 bits per heavy atom. The molecule has 1 aromatic carbocycles. The van der Waals surface area contributed by atoms with E-state index in [2.05, 4.69) is 53.7 Å². The number of hydrogen-bond acceptors (Lipinski definition) is 2.